The van der Waals surface area contributed by atoms with Crippen LogP contribution in [0, 0.1) is 5.92 Å². The highest BCUT2D eigenvalue weighted by Gasteiger charge is 2.49. The van der Waals surface area contributed by atoms with Crippen LogP contribution in [0.1, 0.15) is 13.3 Å². The number of alkyl halides is 2. The van der Waals surface area contributed by atoms with E-state index in [1.54, 1.807) is 0 Å². The Labute approximate surface area is 59.0 Å². The van der Waals surface area contributed by atoms with Crippen LogP contribution in [0.2, 0.25) is 0 Å². The molecule has 0 radical (unpaired) electrons. The van der Waals surface area contributed by atoms with Crippen molar-refractivity contribution in [3.8, 4) is 0 Å². The molecule has 0 heterocycles. The zero-order valence-electron chi connectivity index (χ0n) is 5.10. The second-order valence-corrected chi connectivity index (χ2v) is 2.46. The highest BCUT2D eigenvalue weighted by Crippen LogP contribution is 2.41. The van der Waals surface area contributed by atoms with Crippen LogP contribution in [0.4, 0.5) is 8.78 Å². The van der Waals surface area contributed by atoms with Crippen LogP contribution in [0.15, 0.2) is 0 Å². The van der Waals surface area contributed by atoms with E-state index >= 15 is 0 Å². The van der Waals surface area contributed by atoms with Crippen LogP contribution in [0.3, 0.4) is 0 Å². The van der Waals surface area contributed by atoms with E-state index in [1.165, 1.54) is 0 Å². The molecular formula is C5H10ClF2N. The summed E-state index contributed by atoms with van der Waals surface area (Å²) < 4.78 is 24.2. The summed E-state index contributed by atoms with van der Waals surface area (Å²) in [6.07, 6.45) is 0.490. The molecule has 2 N–H and O–H groups in total. The van der Waals surface area contributed by atoms with Crippen LogP contribution in [-0.2, 0) is 0 Å². The van der Waals surface area contributed by atoms with E-state index in [0.29, 0.717) is 6.42 Å². The molecule has 9 heavy (non-hydrogen) atoms. The molecule has 2 atom stereocenters. The van der Waals surface area contributed by atoms with Gasteiger partial charge >= 0.3 is 0 Å². The summed E-state index contributed by atoms with van der Waals surface area (Å²) >= 11 is 0. The summed E-state index contributed by atoms with van der Waals surface area (Å²) in [6.45, 7) is 0.921. The van der Waals surface area contributed by atoms with Crippen molar-refractivity contribution in [2.45, 2.75) is 25.3 Å². The van der Waals surface area contributed by atoms with Crippen molar-refractivity contribution in [2.24, 2.45) is 11.7 Å². The Morgan fingerprint density at radius 1 is 1.56 bits per heavy atom. The lowest BCUT2D eigenvalue weighted by Crippen LogP contribution is -2.18. The quantitative estimate of drug-likeness (QED) is 0.612. The van der Waals surface area contributed by atoms with Crippen molar-refractivity contribution in [1.82, 2.24) is 0 Å². The van der Waals surface area contributed by atoms with Crippen molar-refractivity contribution >= 4 is 12.4 Å². The molecule has 2 unspecified atom stereocenters. The Morgan fingerprint density at radius 2 is 1.89 bits per heavy atom. The van der Waals surface area contributed by atoms with Gasteiger partial charge < -0.3 is 5.73 Å². The largest absolute Gasteiger partial charge is 0.327 e. The van der Waals surface area contributed by atoms with Gasteiger partial charge in [0.05, 0.1) is 0 Å². The van der Waals surface area contributed by atoms with Crippen molar-refractivity contribution in [3.63, 3.8) is 0 Å². The number of hydrogen-bond acceptors (Lipinski definition) is 1. The van der Waals surface area contributed by atoms with Crippen molar-refractivity contribution < 1.29 is 8.78 Å². The monoisotopic (exact) mass is 157 g/mol. The average Bonchev–Trinajstić information content (AvgIpc) is 2.13. The van der Waals surface area contributed by atoms with Gasteiger partial charge in [-0.2, -0.15) is 0 Å². The molecule has 4 heteroatoms. The fourth-order valence-corrected chi connectivity index (χ4v) is 0.797. The zero-order chi connectivity index (χ0) is 6.36. The van der Waals surface area contributed by atoms with E-state index in [4.69, 9.17) is 5.73 Å². The van der Waals surface area contributed by atoms with Gasteiger partial charge in [0.25, 0.3) is 0 Å². The standard InChI is InChI=1S/C5H9F2N.ClH/c1-5(6,7)3-2-4(3)8;/h3-4H,2,8H2,1H3;1H. The van der Waals surface area contributed by atoms with Crippen molar-refractivity contribution in [3.05, 3.63) is 0 Å². The molecule has 0 saturated heterocycles. The SMILES string of the molecule is CC(F)(F)C1CC1N.Cl. The molecule has 1 fully saturated rings. The smallest absolute Gasteiger partial charge is 0.249 e. The lowest BCUT2D eigenvalue weighted by Gasteiger charge is -2.06. The van der Waals surface area contributed by atoms with Gasteiger partial charge in [-0.15, -0.1) is 12.4 Å². The minimum Gasteiger partial charge on any atom is -0.327 e. The number of rotatable bonds is 1. The average molecular weight is 158 g/mol. The minimum absolute atomic E-state index is 0. The second kappa shape index (κ2) is 2.39. The fourth-order valence-electron chi connectivity index (χ4n) is 0.797. The molecule has 1 nitrogen and oxygen atoms in total. The molecule has 0 spiro atoms. The third-order valence-electron chi connectivity index (χ3n) is 1.49. The van der Waals surface area contributed by atoms with E-state index < -0.39 is 11.8 Å². The fraction of sp³-hybridized carbons (Fsp3) is 1.00. The van der Waals surface area contributed by atoms with Crippen LogP contribution >= 0.6 is 12.4 Å². The Bertz CT molecular complexity index is 102. The lowest BCUT2D eigenvalue weighted by atomic mass is 10.2. The third kappa shape index (κ3) is 2.06. The second-order valence-electron chi connectivity index (χ2n) is 2.46. The summed E-state index contributed by atoms with van der Waals surface area (Å²) in [5, 5.41) is 0. The minimum atomic E-state index is -2.54. The van der Waals surface area contributed by atoms with E-state index in [1.807, 2.05) is 0 Å². The maximum Gasteiger partial charge on any atom is 0.249 e. The molecule has 0 aromatic carbocycles. The predicted octanol–water partition coefficient (Wildman–Crippen LogP) is 1.41. The van der Waals surface area contributed by atoms with Crippen LogP contribution in [0.5, 0.6) is 0 Å². The Kier molecular flexibility index (Phi) is 2.41. The molecule has 56 valence electrons. The van der Waals surface area contributed by atoms with Crippen LogP contribution in [0.25, 0.3) is 0 Å². The first-order chi connectivity index (χ1) is 3.52. The molecule has 0 amide bonds. The van der Waals surface area contributed by atoms with Gasteiger partial charge in [0, 0.05) is 12.0 Å². The summed E-state index contributed by atoms with van der Waals surface area (Å²) in [5.41, 5.74) is 5.17. The van der Waals surface area contributed by atoms with Crippen molar-refractivity contribution in [2.75, 3.05) is 0 Å². The zero-order valence-corrected chi connectivity index (χ0v) is 5.92. The maximum atomic E-state index is 12.1. The summed E-state index contributed by atoms with van der Waals surface area (Å²) in [5.74, 6) is -3.08. The molecule has 0 aromatic heterocycles. The Balaban J connectivity index is 0.000000640. The van der Waals surface area contributed by atoms with E-state index in [-0.39, 0.29) is 18.4 Å². The molecular weight excluding hydrogens is 148 g/mol. The molecule has 1 aliphatic carbocycles. The van der Waals surface area contributed by atoms with Gasteiger partial charge in [-0.1, -0.05) is 0 Å². The summed E-state index contributed by atoms with van der Waals surface area (Å²) in [7, 11) is 0. The first kappa shape index (κ1) is 9.11. The molecule has 0 aliphatic heterocycles. The lowest BCUT2D eigenvalue weighted by molar-refractivity contribution is -0.00363. The Morgan fingerprint density at radius 3 is 1.89 bits per heavy atom. The number of nitrogens with two attached hydrogens (primary N) is 1. The topological polar surface area (TPSA) is 26.0 Å². The number of hydrogen-bond donors (Lipinski definition) is 1. The maximum absolute atomic E-state index is 12.1. The van der Waals surface area contributed by atoms with Gasteiger partial charge in [0.15, 0.2) is 0 Å². The molecule has 1 saturated carbocycles. The highest BCUT2D eigenvalue weighted by atomic mass is 35.5. The first-order valence-corrected chi connectivity index (χ1v) is 2.65. The van der Waals surface area contributed by atoms with E-state index in [0.717, 1.165) is 6.92 Å². The predicted molar refractivity (Wildman–Crippen MR) is 34.0 cm³/mol. The van der Waals surface area contributed by atoms with E-state index in [9.17, 15) is 8.78 Å². The molecule has 1 aliphatic rings. The third-order valence-corrected chi connectivity index (χ3v) is 1.49. The molecule has 0 bridgehead atoms. The molecule has 1 rings (SSSR count). The van der Waals surface area contributed by atoms with Gasteiger partial charge in [-0.3, -0.25) is 0 Å². The van der Waals surface area contributed by atoms with Crippen molar-refractivity contribution in [1.29, 1.82) is 0 Å². The van der Waals surface area contributed by atoms with Gasteiger partial charge in [-0.25, -0.2) is 8.78 Å². The van der Waals surface area contributed by atoms with Gasteiger partial charge in [-0.05, 0) is 13.3 Å². The van der Waals surface area contributed by atoms with Gasteiger partial charge in [0.1, 0.15) is 0 Å². The van der Waals surface area contributed by atoms with Crippen LogP contribution in [-0.4, -0.2) is 12.0 Å². The summed E-state index contributed by atoms with van der Waals surface area (Å²) in [4.78, 5) is 0. The highest BCUT2D eigenvalue weighted by molar-refractivity contribution is 5.85. The number of halogens is 3. The Hall–Kier alpha value is 0.110. The molecule has 0 aromatic rings. The van der Waals surface area contributed by atoms with Crippen LogP contribution < -0.4 is 5.73 Å². The normalized spacial score (nSPS) is 33.3. The summed E-state index contributed by atoms with van der Waals surface area (Å²) in [6, 6.07) is -0.241. The van der Waals surface area contributed by atoms with Gasteiger partial charge in [0.2, 0.25) is 5.92 Å². The van der Waals surface area contributed by atoms with E-state index in [2.05, 4.69) is 0 Å². The first-order valence-electron chi connectivity index (χ1n) is 2.65.